The third-order valence-electron chi connectivity index (χ3n) is 6.03. The second kappa shape index (κ2) is 11.2. The van der Waals surface area contributed by atoms with E-state index in [1.165, 1.54) is 12.1 Å². The normalized spacial score (nSPS) is 11.9. The van der Waals surface area contributed by atoms with Gasteiger partial charge in [0, 0.05) is 35.2 Å². The summed E-state index contributed by atoms with van der Waals surface area (Å²) in [5.74, 6) is 0.0983. The van der Waals surface area contributed by atoms with Gasteiger partial charge in [-0.15, -0.1) is 10.2 Å². The standard InChI is InChI=1S/C29H24F2N4O3/c1-3-20-5-4-19(14-25(20)29-34-33-28(38-29)21-6-9-23(36-2)10-7-21)17-37-27(16-35-13-12-32-18-35)24-11-8-22(30)15-26(24)31/h3-15,18,27H,1,16-17H2,2H3. The van der Waals surface area contributed by atoms with Crippen molar-refractivity contribution in [2.45, 2.75) is 19.3 Å². The number of benzene rings is 3. The van der Waals surface area contributed by atoms with E-state index in [1.54, 1.807) is 36.5 Å². The van der Waals surface area contributed by atoms with E-state index in [1.807, 2.05) is 42.5 Å². The zero-order chi connectivity index (χ0) is 26.5. The van der Waals surface area contributed by atoms with Gasteiger partial charge in [-0.05, 0) is 47.5 Å². The minimum atomic E-state index is -0.683. The average Bonchev–Trinajstić information content (AvgIpc) is 3.64. The molecule has 192 valence electrons. The number of hydrogen-bond acceptors (Lipinski definition) is 6. The van der Waals surface area contributed by atoms with Crippen LogP contribution in [0.25, 0.3) is 29.0 Å². The summed E-state index contributed by atoms with van der Waals surface area (Å²) in [6, 6.07) is 16.4. The Morgan fingerprint density at radius 2 is 1.84 bits per heavy atom. The molecule has 2 aromatic heterocycles. The van der Waals surface area contributed by atoms with E-state index < -0.39 is 17.7 Å². The van der Waals surface area contributed by atoms with Crippen molar-refractivity contribution in [3.05, 3.63) is 114 Å². The monoisotopic (exact) mass is 514 g/mol. The van der Waals surface area contributed by atoms with Crippen LogP contribution in [0, 0.1) is 11.6 Å². The molecule has 5 rings (SSSR count). The third kappa shape index (κ3) is 5.52. The van der Waals surface area contributed by atoms with Gasteiger partial charge in [-0.25, -0.2) is 13.8 Å². The molecule has 38 heavy (non-hydrogen) atoms. The van der Waals surface area contributed by atoms with Crippen LogP contribution in [0.3, 0.4) is 0 Å². The SMILES string of the molecule is C=Cc1ccc(COC(Cn2ccnc2)c2ccc(F)cc2F)cc1-c1nnc(-c2ccc(OC)cc2)o1. The van der Waals surface area contributed by atoms with Crippen LogP contribution >= 0.6 is 0 Å². The second-order valence-electron chi connectivity index (χ2n) is 8.49. The Hall–Kier alpha value is -4.63. The first-order chi connectivity index (χ1) is 18.5. The van der Waals surface area contributed by atoms with Gasteiger partial charge in [0.05, 0.1) is 26.6 Å². The van der Waals surface area contributed by atoms with Crippen LogP contribution in [0.2, 0.25) is 0 Å². The van der Waals surface area contributed by atoms with E-state index in [0.29, 0.717) is 23.9 Å². The fraction of sp³-hybridized carbons (Fsp3) is 0.138. The molecule has 0 N–H and O–H groups in total. The third-order valence-corrected chi connectivity index (χ3v) is 6.03. The van der Waals surface area contributed by atoms with Crippen molar-refractivity contribution in [3.63, 3.8) is 0 Å². The summed E-state index contributed by atoms with van der Waals surface area (Å²) < 4.78 is 47.3. The molecule has 0 aliphatic rings. The zero-order valence-corrected chi connectivity index (χ0v) is 20.6. The van der Waals surface area contributed by atoms with Crippen molar-refractivity contribution in [1.29, 1.82) is 0 Å². The summed E-state index contributed by atoms with van der Waals surface area (Å²) in [7, 11) is 1.60. The fourth-order valence-corrected chi connectivity index (χ4v) is 4.03. The van der Waals surface area contributed by atoms with Crippen LogP contribution in [0.5, 0.6) is 5.75 Å². The highest BCUT2D eigenvalue weighted by atomic mass is 19.1. The van der Waals surface area contributed by atoms with Crippen molar-refractivity contribution in [3.8, 4) is 28.7 Å². The van der Waals surface area contributed by atoms with E-state index in [2.05, 4.69) is 21.8 Å². The first-order valence-corrected chi connectivity index (χ1v) is 11.8. The topological polar surface area (TPSA) is 75.2 Å². The van der Waals surface area contributed by atoms with Gasteiger partial charge in [0.15, 0.2) is 0 Å². The van der Waals surface area contributed by atoms with Gasteiger partial charge in [0.1, 0.15) is 23.5 Å². The van der Waals surface area contributed by atoms with Crippen molar-refractivity contribution in [2.75, 3.05) is 7.11 Å². The van der Waals surface area contributed by atoms with E-state index >= 15 is 0 Å². The maximum Gasteiger partial charge on any atom is 0.248 e. The summed E-state index contributed by atoms with van der Waals surface area (Å²) in [5.41, 5.74) is 3.30. The van der Waals surface area contributed by atoms with Crippen molar-refractivity contribution in [1.82, 2.24) is 19.7 Å². The maximum absolute atomic E-state index is 14.6. The minimum Gasteiger partial charge on any atom is -0.497 e. The predicted octanol–water partition coefficient (Wildman–Crippen LogP) is 6.49. The first kappa shape index (κ1) is 25.0. The molecule has 0 radical (unpaired) electrons. The van der Waals surface area contributed by atoms with Crippen LogP contribution in [-0.2, 0) is 17.9 Å². The minimum absolute atomic E-state index is 0.153. The molecule has 0 aliphatic heterocycles. The molecule has 7 nitrogen and oxygen atoms in total. The van der Waals surface area contributed by atoms with Crippen molar-refractivity contribution < 1.29 is 22.7 Å². The Morgan fingerprint density at radius 1 is 1.03 bits per heavy atom. The molecule has 2 heterocycles. The summed E-state index contributed by atoms with van der Waals surface area (Å²) in [5, 5.41) is 8.43. The fourth-order valence-electron chi connectivity index (χ4n) is 4.03. The van der Waals surface area contributed by atoms with E-state index in [9.17, 15) is 8.78 Å². The Morgan fingerprint density at radius 3 is 2.55 bits per heavy atom. The van der Waals surface area contributed by atoms with Gasteiger partial charge in [-0.1, -0.05) is 30.9 Å². The smallest absolute Gasteiger partial charge is 0.248 e. The number of aromatic nitrogens is 4. The number of hydrogen-bond donors (Lipinski definition) is 0. The molecule has 0 spiro atoms. The van der Waals surface area contributed by atoms with Crippen molar-refractivity contribution >= 4 is 6.08 Å². The Bertz CT molecular complexity index is 1530. The average molecular weight is 515 g/mol. The van der Waals surface area contributed by atoms with Crippen LogP contribution in [-0.4, -0.2) is 26.9 Å². The largest absolute Gasteiger partial charge is 0.497 e. The highest BCUT2D eigenvalue weighted by Crippen LogP contribution is 2.30. The number of imidazole rings is 1. The lowest BCUT2D eigenvalue weighted by Crippen LogP contribution is -2.14. The Labute approximate surface area is 218 Å². The Kier molecular flexibility index (Phi) is 7.37. The molecule has 0 fully saturated rings. The molecular weight excluding hydrogens is 490 g/mol. The lowest BCUT2D eigenvalue weighted by atomic mass is 10.0. The van der Waals surface area contributed by atoms with Crippen LogP contribution in [0.1, 0.15) is 22.8 Å². The number of halogens is 2. The molecule has 1 atom stereocenters. The molecule has 0 saturated heterocycles. The molecule has 3 aromatic carbocycles. The molecule has 0 aliphatic carbocycles. The second-order valence-corrected chi connectivity index (χ2v) is 8.49. The zero-order valence-electron chi connectivity index (χ0n) is 20.6. The molecule has 5 aromatic rings. The number of ether oxygens (including phenoxy) is 2. The number of methoxy groups -OCH3 is 1. The number of nitrogens with zero attached hydrogens (tertiary/aromatic N) is 4. The molecule has 1 unspecified atom stereocenters. The van der Waals surface area contributed by atoms with Crippen LogP contribution in [0.4, 0.5) is 8.78 Å². The predicted molar refractivity (Wildman–Crippen MR) is 138 cm³/mol. The number of rotatable bonds is 10. The van der Waals surface area contributed by atoms with Crippen LogP contribution < -0.4 is 4.74 Å². The summed E-state index contributed by atoms with van der Waals surface area (Å²) in [6.45, 7) is 4.34. The molecule has 9 heteroatoms. The van der Waals surface area contributed by atoms with Crippen LogP contribution in [0.15, 0.2) is 90.4 Å². The van der Waals surface area contributed by atoms with Gasteiger partial charge in [0.2, 0.25) is 11.8 Å². The molecule has 0 bridgehead atoms. The highest BCUT2D eigenvalue weighted by molar-refractivity contribution is 5.70. The molecule has 0 amide bonds. The van der Waals surface area contributed by atoms with Gasteiger partial charge in [0.25, 0.3) is 0 Å². The summed E-state index contributed by atoms with van der Waals surface area (Å²) >= 11 is 0. The Balaban J connectivity index is 1.39. The first-order valence-electron chi connectivity index (χ1n) is 11.8. The summed E-state index contributed by atoms with van der Waals surface area (Å²) in [6.07, 6.45) is 6.02. The quantitative estimate of drug-likeness (QED) is 0.212. The molecular formula is C29H24F2N4O3. The maximum atomic E-state index is 14.6. The van der Waals surface area contributed by atoms with E-state index in [4.69, 9.17) is 13.9 Å². The van der Waals surface area contributed by atoms with Gasteiger partial charge in [-0.3, -0.25) is 0 Å². The van der Waals surface area contributed by atoms with E-state index in [-0.39, 0.29) is 12.2 Å². The molecule has 0 saturated carbocycles. The van der Waals surface area contributed by atoms with Gasteiger partial charge in [-0.2, -0.15) is 0 Å². The highest BCUT2D eigenvalue weighted by Gasteiger charge is 2.19. The van der Waals surface area contributed by atoms with Crippen molar-refractivity contribution in [2.24, 2.45) is 0 Å². The lowest BCUT2D eigenvalue weighted by molar-refractivity contribution is 0.0256. The van der Waals surface area contributed by atoms with Gasteiger partial charge >= 0.3 is 0 Å². The van der Waals surface area contributed by atoms with Gasteiger partial charge < -0.3 is 18.5 Å². The summed E-state index contributed by atoms with van der Waals surface area (Å²) in [4.78, 5) is 4.04. The lowest BCUT2D eigenvalue weighted by Gasteiger charge is -2.20. The van der Waals surface area contributed by atoms with E-state index in [0.717, 1.165) is 28.5 Å².